The van der Waals surface area contributed by atoms with Crippen LogP contribution < -0.4 is 5.32 Å². The summed E-state index contributed by atoms with van der Waals surface area (Å²) in [5, 5.41) is 2.72. The van der Waals surface area contributed by atoms with Crippen LogP contribution in [0.25, 0.3) is 0 Å². The average Bonchev–Trinajstić information content (AvgIpc) is 2.93. The quantitative estimate of drug-likeness (QED) is 0.896. The van der Waals surface area contributed by atoms with Gasteiger partial charge < -0.3 is 10.2 Å². The maximum Gasteiger partial charge on any atom is 0.251 e. The highest BCUT2D eigenvalue weighted by molar-refractivity contribution is 7.99. The molecule has 1 aliphatic rings. The Morgan fingerprint density at radius 1 is 1.08 bits per heavy atom. The molecular weight excluding hydrogens is 351 g/mol. The molecule has 1 atom stereocenters. The number of halogens is 1. The molecule has 1 saturated heterocycles. The summed E-state index contributed by atoms with van der Waals surface area (Å²) in [5.41, 5.74) is 1.23. The first-order valence-electron chi connectivity index (χ1n) is 8.62. The molecule has 0 aromatic heterocycles. The van der Waals surface area contributed by atoms with Crippen molar-refractivity contribution in [1.82, 2.24) is 10.2 Å². The van der Waals surface area contributed by atoms with E-state index in [1.807, 2.05) is 18.2 Å². The highest BCUT2D eigenvalue weighted by Gasteiger charge is 2.23. The predicted molar refractivity (Wildman–Crippen MR) is 102 cm³/mol. The smallest absolute Gasteiger partial charge is 0.251 e. The van der Waals surface area contributed by atoms with E-state index in [4.69, 9.17) is 0 Å². The SMILES string of the molecule is O=C(NCC(=O)N1CCS[C@H](c2ccccc2F)CC1)c1ccccc1. The fourth-order valence-corrected chi connectivity index (χ4v) is 4.22. The number of hydrogen-bond acceptors (Lipinski definition) is 3. The Morgan fingerprint density at radius 2 is 1.81 bits per heavy atom. The van der Waals surface area contributed by atoms with Crippen molar-refractivity contribution >= 4 is 23.6 Å². The van der Waals surface area contributed by atoms with Crippen LogP contribution in [0.3, 0.4) is 0 Å². The lowest BCUT2D eigenvalue weighted by Crippen LogP contribution is -2.41. The summed E-state index contributed by atoms with van der Waals surface area (Å²) in [5.74, 6) is 0.188. The van der Waals surface area contributed by atoms with Crippen LogP contribution >= 0.6 is 11.8 Å². The Hall–Kier alpha value is -2.34. The van der Waals surface area contributed by atoms with Crippen molar-refractivity contribution in [2.75, 3.05) is 25.4 Å². The first-order chi connectivity index (χ1) is 12.6. The molecule has 0 bridgehead atoms. The van der Waals surface area contributed by atoms with E-state index in [0.717, 1.165) is 5.75 Å². The molecule has 26 heavy (non-hydrogen) atoms. The number of hydrogen-bond donors (Lipinski definition) is 1. The molecule has 0 unspecified atom stereocenters. The highest BCUT2D eigenvalue weighted by atomic mass is 32.2. The maximum atomic E-state index is 14.0. The minimum Gasteiger partial charge on any atom is -0.343 e. The number of thioether (sulfide) groups is 1. The lowest BCUT2D eigenvalue weighted by molar-refractivity contribution is -0.129. The molecule has 1 aliphatic heterocycles. The Kier molecular flexibility index (Phi) is 6.28. The molecular formula is C20H21FN2O2S. The molecule has 0 aliphatic carbocycles. The van der Waals surface area contributed by atoms with E-state index in [1.165, 1.54) is 6.07 Å². The van der Waals surface area contributed by atoms with Crippen LogP contribution in [0.2, 0.25) is 0 Å². The first kappa shape index (κ1) is 18.5. The molecule has 0 saturated carbocycles. The van der Waals surface area contributed by atoms with Crippen LogP contribution in [0.5, 0.6) is 0 Å². The topological polar surface area (TPSA) is 49.4 Å². The molecule has 0 radical (unpaired) electrons. The second kappa shape index (κ2) is 8.85. The summed E-state index contributed by atoms with van der Waals surface area (Å²) >= 11 is 1.67. The zero-order chi connectivity index (χ0) is 18.4. The normalized spacial score (nSPS) is 17.4. The number of carbonyl (C=O) groups excluding carboxylic acids is 2. The Bertz CT molecular complexity index is 769. The van der Waals surface area contributed by atoms with Gasteiger partial charge in [-0.15, -0.1) is 0 Å². The van der Waals surface area contributed by atoms with Crippen molar-refractivity contribution in [3.8, 4) is 0 Å². The van der Waals surface area contributed by atoms with Gasteiger partial charge in [0.1, 0.15) is 5.82 Å². The molecule has 2 aromatic carbocycles. The summed E-state index contributed by atoms with van der Waals surface area (Å²) in [6.45, 7) is 1.14. The van der Waals surface area contributed by atoms with E-state index in [2.05, 4.69) is 5.32 Å². The molecule has 1 N–H and O–H groups in total. The number of carbonyl (C=O) groups is 2. The van der Waals surface area contributed by atoms with Crippen molar-refractivity contribution in [3.05, 3.63) is 71.5 Å². The van der Waals surface area contributed by atoms with Gasteiger partial charge in [-0.3, -0.25) is 9.59 Å². The number of rotatable bonds is 4. The monoisotopic (exact) mass is 372 g/mol. The van der Waals surface area contributed by atoms with Crippen LogP contribution in [0.15, 0.2) is 54.6 Å². The van der Waals surface area contributed by atoms with Crippen molar-refractivity contribution < 1.29 is 14.0 Å². The Labute approximate surface area is 156 Å². The van der Waals surface area contributed by atoms with E-state index in [9.17, 15) is 14.0 Å². The minimum absolute atomic E-state index is 0.0250. The standard InChI is InChI=1S/C20H21FN2O2S/c21-17-9-5-4-8-16(17)18-10-11-23(12-13-26-18)19(24)14-22-20(25)15-6-2-1-3-7-15/h1-9,18H,10-14H2,(H,22,25)/t18-/m0/s1. The van der Waals surface area contributed by atoms with Crippen molar-refractivity contribution in [2.24, 2.45) is 0 Å². The van der Waals surface area contributed by atoms with E-state index >= 15 is 0 Å². The number of nitrogens with one attached hydrogen (secondary N) is 1. The Balaban J connectivity index is 1.53. The molecule has 4 nitrogen and oxygen atoms in total. The zero-order valence-corrected chi connectivity index (χ0v) is 15.2. The summed E-state index contributed by atoms with van der Waals surface area (Å²) in [6, 6.07) is 15.6. The third kappa shape index (κ3) is 4.64. The molecule has 1 fully saturated rings. The summed E-state index contributed by atoms with van der Waals surface area (Å²) < 4.78 is 14.0. The minimum atomic E-state index is -0.257. The van der Waals surface area contributed by atoms with E-state index in [1.54, 1.807) is 47.0 Å². The van der Waals surface area contributed by atoms with Gasteiger partial charge in [0.15, 0.2) is 0 Å². The molecule has 6 heteroatoms. The molecule has 2 aromatic rings. The highest BCUT2D eigenvalue weighted by Crippen LogP contribution is 2.35. The van der Waals surface area contributed by atoms with Gasteiger partial charge in [-0.25, -0.2) is 4.39 Å². The van der Waals surface area contributed by atoms with Gasteiger partial charge in [0, 0.05) is 35.2 Å². The van der Waals surface area contributed by atoms with Crippen LogP contribution in [0, 0.1) is 5.82 Å². The van der Waals surface area contributed by atoms with E-state index in [0.29, 0.717) is 30.6 Å². The molecule has 2 amide bonds. The van der Waals surface area contributed by atoms with Crippen molar-refractivity contribution in [1.29, 1.82) is 0 Å². The van der Waals surface area contributed by atoms with Crippen molar-refractivity contribution in [2.45, 2.75) is 11.7 Å². The van der Waals surface area contributed by atoms with E-state index in [-0.39, 0.29) is 29.4 Å². The second-order valence-corrected chi connectivity index (χ2v) is 7.41. The number of amides is 2. The van der Waals surface area contributed by atoms with Crippen molar-refractivity contribution in [3.63, 3.8) is 0 Å². The molecule has 1 heterocycles. The maximum absolute atomic E-state index is 14.0. The second-order valence-electron chi connectivity index (χ2n) is 6.10. The lowest BCUT2D eigenvalue weighted by Gasteiger charge is -2.20. The molecule has 3 rings (SSSR count). The summed E-state index contributed by atoms with van der Waals surface area (Å²) in [6.07, 6.45) is 0.698. The third-order valence-electron chi connectivity index (χ3n) is 4.38. The fraction of sp³-hybridized carbons (Fsp3) is 0.300. The van der Waals surface area contributed by atoms with Gasteiger partial charge in [0.25, 0.3) is 5.91 Å². The van der Waals surface area contributed by atoms with Gasteiger partial charge in [-0.1, -0.05) is 36.4 Å². The number of nitrogens with zero attached hydrogens (tertiary/aromatic N) is 1. The number of benzene rings is 2. The van der Waals surface area contributed by atoms with Gasteiger partial charge >= 0.3 is 0 Å². The predicted octanol–water partition coefficient (Wildman–Crippen LogP) is 3.26. The first-order valence-corrected chi connectivity index (χ1v) is 9.67. The average molecular weight is 372 g/mol. The summed E-state index contributed by atoms with van der Waals surface area (Å²) in [7, 11) is 0. The zero-order valence-electron chi connectivity index (χ0n) is 14.4. The van der Waals surface area contributed by atoms with Crippen LogP contribution in [0.4, 0.5) is 4.39 Å². The van der Waals surface area contributed by atoms with Gasteiger partial charge in [-0.05, 0) is 24.6 Å². The fourth-order valence-electron chi connectivity index (χ4n) is 2.96. The third-order valence-corrected chi connectivity index (χ3v) is 5.69. The Morgan fingerprint density at radius 3 is 2.58 bits per heavy atom. The van der Waals surface area contributed by atoms with Crippen LogP contribution in [0.1, 0.15) is 27.6 Å². The molecule has 0 spiro atoms. The lowest BCUT2D eigenvalue weighted by atomic mass is 10.1. The van der Waals surface area contributed by atoms with E-state index < -0.39 is 0 Å². The van der Waals surface area contributed by atoms with Crippen LogP contribution in [-0.2, 0) is 4.79 Å². The molecule has 136 valence electrons. The largest absolute Gasteiger partial charge is 0.343 e. The van der Waals surface area contributed by atoms with Gasteiger partial charge in [0.05, 0.1) is 6.54 Å². The van der Waals surface area contributed by atoms with Crippen LogP contribution in [-0.4, -0.2) is 42.1 Å². The van der Waals surface area contributed by atoms with Gasteiger partial charge in [0.2, 0.25) is 5.91 Å². The van der Waals surface area contributed by atoms with Gasteiger partial charge in [-0.2, -0.15) is 11.8 Å². The summed E-state index contributed by atoms with van der Waals surface area (Å²) in [4.78, 5) is 26.2.